The summed E-state index contributed by atoms with van der Waals surface area (Å²) in [4.78, 5) is 14.5. The lowest BCUT2D eigenvalue weighted by molar-refractivity contribution is -0.137. The maximum atomic E-state index is 12.5. The first-order valence-electron chi connectivity index (χ1n) is 6.53. The van der Waals surface area contributed by atoms with Crippen molar-refractivity contribution >= 4 is 28.4 Å². The normalized spacial score (nSPS) is 12.6. The summed E-state index contributed by atoms with van der Waals surface area (Å²) in [6.45, 7) is 1.49. The van der Waals surface area contributed by atoms with E-state index in [9.17, 15) is 18.0 Å². The number of hydrogen-bond acceptors (Lipinski definition) is 4. The van der Waals surface area contributed by atoms with Gasteiger partial charge in [0.15, 0.2) is 6.10 Å². The minimum absolute atomic E-state index is 0.164. The summed E-state index contributed by atoms with van der Waals surface area (Å²) in [7, 11) is 0. The molecule has 0 saturated heterocycles. The average molecular weight is 380 g/mol. The van der Waals surface area contributed by atoms with Crippen LogP contribution in [-0.4, -0.2) is 16.3 Å². The SMILES string of the molecule is C[C@@H](Oc1ccc(Oc2ncc(C(F)(F)F)cc2Cl)cc1)C(=O)Cl. The van der Waals surface area contributed by atoms with Crippen LogP contribution >= 0.6 is 23.2 Å². The zero-order chi connectivity index (χ0) is 17.9. The number of pyridine rings is 1. The van der Waals surface area contributed by atoms with Gasteiger partial charge in [-0.2, -0.15) is 13.2 Å². The lowest BCUT2D eigenvalue weighted by Gasteiger charge is -2.12. The molecule has 0 aliphatic heterocycles. The molecule has 2 rings (SSSR count). The van der Waals surface area contributed by atoms with Crippen LogP contribution in [0.4, 0.5) is 13.2 Å². The minimum atomic E-state index is -4.54. The van der Waals surface area contributed by atoms with Crippen molar-refractivity contribution in [1.29, 1.82) is 0 Å². The standard InChI is InChI=1S/C15H10Cl2F3NO3/c1-8(13(17)22)23-10-2-4-11(5-3-10)24-14-12(16)6-9(7-21-14)15(18,19)20/h2-8H,1H3/t8-/m1/s1. The van der Waals surface area contributed by atoms with Crippen LogP contribution in [0, 0.1) is 0 Å². The molecule has 0 spiro atoms. The summed E-state index contributed by atoms with van der Waals surface area (Å²) < 4.78 is 48.2. The third-order valence-corrected chi connectivity index (χ3v) is 3.38. The molecule has 0 N–H and O–H groups in total. The number of benzene rings is 1. The molecule has 1 aromatic carbocycles. The zero-order valence-corrected chi connectivity index (χ0v) is 13.6. The molecule has 0 amide bonds. The van der Waals surface area contributed by atoms with E-state index in [4.69, 9.17) is 32.7 Å². The lowest BCUT2D eigenvalue weighted by Crippen LogP contribution is -2.18. The fourth-order valence-corrected chi connectivity index (χ4v) is 1.85. The molecule has 1 heterocycles. The second-order valence-corrected chi connectivity index (χ2v) is 5.43. The predicted molar refractivity (Wildman–Crippen MR) is 81.7 cm³/mol. The monoisotopic (exact) mass is 379 g/mol. The molecule has 2 aromatic rings. The Labute approximate surface area is 145 Å². The Balaban J connectivity index is 2.10. The molecular formula is C15H10Cl2F3NO3. The fraction of sp³-hybridized carbons (Fsp3) is 0.200. The Bertz CT molecular complexity index is 736. The predicted octanol–water partition coefficient (Wildman–Crippen LogP) is 5.08. The van der Waals surface area contributed by atoms with Gasteiger partial charge in [-0.3, -0.25) is 4.79 Å². The number of alkyl halides is 3. The number of nitrogens with zero attached hydrogens (tertiary/aromatic N) is 1. The molecule has 0 radical (unpaired) electrons. The van der Waals surface area contributed by atoms with Crippen LogP contribution in [-0.2, 0) is 11.0 Å². The van der Waals surface area contributed by atoms with Crippen molar-refractivity contribution in [1.82, 2.24) is 4.98 Å². The number of carbonyl (C=O) groups excluding carboxylic acids is 1. The van der Waals surface area contributed by atoms with E-state index in [1.807, 2.05) is 0 Å². The van der Waals surface area contributed by atoms with Gasteiger partial charge in [-0.1, -0.05) is 11.6 Å². The fourth-order valence-electron chi connectivity index (χ4n) is 1.60. The van der Waals surface area contributed by atoms with Crippen molar-refractivity contribution in [3.05, 3.63) is 47.1 Å². The molecule has 0 bridgehead atoms. The topological polar surface area (TPSA) is 48.4 Å². The van der Waals surface area contributed by atoms with Gasteiger partial charge in [0.1, 0.15) is 16.5 Å². The minimum Gasteiger partial charge on any atom is -0.482 e. The molecule has 0 fully saturated rings. The number of halogens is 5. The number of aromatic nitrogens is 1. The number of rotatable bonds is 5. The number of hydrogen-bond donors (Lipinski definition) is 0. The summed E-state index contributed by atoms with van der Waals surface area (Å²) in [5.74, 6) is 0.485. The molecule has 0 aliphatic rings. The van der Waals surface area contributed by atoms with Crippen LogP contribution < -0.4 is 9.47 Å². The highest BCUT2D eigenvalue weighted by atomic mass is 35.5. The Morgan fingerprint density at radius 3 is 2.29 bits per heavy atom. The first kappa shape index (κ1) is 18.4. The zero-order valence-electron chi connectivity index (χ0n) is 12.1. The summed E-state index contributed by atoms with van der Waals surface area (Å²) in [5.41, 5.74) is -0.969. The molecule has 128 valence electrons. The van der Waals surface area contributed by atoms with Gasteiger partial charge in [0.2, 0.25) is 5.88 Å². The molecule has 1 atom stereocenters. The van der Waals surface area contributed by atoms with E-state index >= 15 is 0 Å². The van der Waals surface area contributed by atoms with Crippen molar-refractivity contribution in [2.45, 2.75) is 19.2 Å². The van der Waals surface area contributed by atoms with Gasteiger partial charge in [-0.15, -0.1) is 0 Å². The summed E-state index contributed by atoms with van der Waals surface area (Å²) in [6.07, 6.45) is -4.72. The van der Waals surface area contributed by atoms with E-state index in [0.29, 0.717) is 11.9 Å². The van der Waals surface area contributed by atoms with Crippen LogP contribution in [0.2, 0.25) is 5.02 Å². The Kier molecular flexibility index (Phi) is 5.56. The first-order chi connectivity index (χ1) is 11.2. The van der Waals surface area contributed by atoms with Crippen LogP contribution in [0.1, 0.15) is 12.5 Å². The quantitative estimate of drug-likeness (QED) is 0.679. The van der Waals surface area contributed by atoms with Crippen molar-refractivity contribution in [2.24, 2.45) is 0 Å². The van der Waals surface area contributed by atoms with Gasteiger partial charge in [0, 0.05) is 6.20 Å². The summed E-state index contributed by atoms with van der Waals surface area (Å²) in [5, 5.41) is -0.914. The van der Waals surface area contributed by atoms with Gasteiger partial charge in [-0.05, 0) is 48.9 Å². The van der Waals surface area contributed by atoms with Crippen molar-refractivity contribution in [3.63, 3.8) is 0 Å². The van der Waals surface area contributed by atoms with E-state index < -0.39 is 23.1 Å². The van der Waals surface area contributed by atoms with E-state index in [1.54, 1.807) is 0 Å². The first-order valence-corrected chi connectivity index (χ1v) is 7.29. The van der Waals surface area contributed by atoms with Crippen LogP contribution in [0.15, 0.2) is 36.5 Å². The largest absolute Gasteiger partial charge is 0.482 e. The van der Waals surface area contributed by atoms with Gasteiger partial charge in [0.05, 0.1) is 5.56 Å². The highest BCUT2D eigenvalue weighted by Gasteiger charge is 2.31. The van der Waals surface area contributed by atoms with Crippen molar-refractivity contribution in [3.8, 4) is 17.4 Å². The van der Waals surface area contributed by atoms with Gasteiger partial charge < -0.3 is 9.47 Å². The highest BCUT2D eigenvalue weighted by molar-refractivity contribution is 6.64. The van der Waals surface area contributed by atoms with E-state index in [-0.39, 0.29) is 16.7 Å². The average Bonchev–Trinajstić information content (AvgIpc) is 2.50. The van der Waals surface area contributed by atoms with Crippen LogP contribution in [0.5, 0.6) is 17.4 Å². The smallest absolute Gasteiger partial charge is 0.417 e. The molecule has 4 nitrogen and oxygen atoms in total. The lowest BCUT2D eigenvalue weighted by atomic mass is 10.3. The van der Waals surface area contributed by atoms with Gasteiger partial charge in [-0.25, -0.2) is 4.98 Å². The Morgan fingerprint density at radius 2 is 1.79 bits per heavy atom. The third kappa shape index (κ3) is 4.75. The molecule has 24 heavy (non-hydrogen) atoms. The maximum Gasteiger partial charge on any atom is 0.417 e. The second-order valence-electron chi connectivity index (χ2n) is 4.65. The molecule has 0 saturated carbocycles. The second kappa shape index (κ2) is 7.27. The number of ether oxygens (including phenoxy) is 2. The van der Waals surface area contributed by atoms with E-state index in [0.717, 1.165) is 6.07 Å². The number of carbonyl (C=O) groups is 1. The molecular weight excluding hydrogens is 370 g/mol. The Hall–Kier alpha value is -1.99. The van der Waals surface area contributed by atoms with E-state index in [1.165, 1.54) is 31.2 Å². The van der Waals surface area contributed by atoms with Crippen LogP contribution in [0.3, 0.4) is 0 Å². The summed E-state index contributed by atoms with van der Waals surface area (Å²) >= 11 is 11.0. The Morgan fingerprint density at radius 1 is 1.21 bits per heavy atom. The highest BCUT2D eigenvalue weighted by Crippen LogP contribution is 2.34. The maximum absolute atomic E-state index is 12.5. The van der Waals surface area contributed by atoms with Gasteiger partial charge >= 0.3 is 6.18 Å². The summed E-state index contributed by atoms with van der Waals surface area (Å²) in [6, 6.07) is 6.70. The van der Waals surface area contributed by atoms with Crippen LogP contribution in [0.25, 0.3) is 0 Å². The molecule has 0 aliphatic carbocycles. The molecule has 1 aromatic heterocycles. The van der Waals surface area contributed by atoms with Crippen molar-refractivity contribution < 1.29 is 27.4 Å². The third-order valence-electron chi connectivity index (χ3n) is 2.81. The molecule has 9 heteroatoms. The van der Waals surface area contributed by atoms with Gasteiger partial charge in [0.25, 0.3) is 5.24 Å². The van der Waals surface area contributed by atoms with Crippen molar-refractivity contribution in [2.75, 3.05) is 0 Å². The molecule has 0 unspecified atom stereocenters. The van der Waals surface area contributed by atoms with E-state index in [2.05, 4.69) is 4.98 Å².